The first-order chi connectivity index (χ1) is 10.7. The Labute approximate surface area is 133 Å². The van der Waals surface area contributed by atoms with Gasteiger partial charge < -0.3 is 5.32 Å². The summed E-state index contributed by atoms with van der Waals surface area (Å²) in [6, 6.07) is 0.792. The van der Waals surface area contributed by atoms with Crippen molar-refractivity contribution >= 4 is 11.7 Å². The van der Waals surface area contributed by atoms with Gasteiger partial charge in [0.25, 0.3) is 0 Å². The molecular weight excluding hydrogens is 276 g/mol. The summed E-state index contributed by atoms with van der Waals surface area (Å²) >= 11 is 0. The average molecular weight is 304 g/mol. The first-order valence-electron chi connectivity index (χ1n) is 9.26. The van der Waals surface area contributed by atoms with Crippen molar-refractivity contribution < 1.29 is 9.59 Å². The third-order valence-corrected chi connectivity index (χ3v) is 6.13. The number of Topliss-reactive ketones (excluding diaryl/α,β-unsaturated/α-hetero) is 1. The van der Waals surface area contributed by atoms with Crippen LogP contribution in [0.2, 0.25) is 0 Å². The van der Waals surface area contributed by atoms with Gasteiger partial charge in [-0.25, -0.2) is 0 Å². The third-order valence-electron chi connectivity index (χ3n) is 6.13. The van der Waals surface area contributed by atoms with Crippen LogP contribution >= 0.6 is 0 Å². The van der Waals surface area contributed by atoms with Crippen molar-refractivity contribution in [3.63, 3.8) is 0 Å². The molecule has 0 heterocycles. The number of hydrogen-bond donors (Lipinski definition) is 1. The highest BCUT2D eigenvalue weighted by Crippen LogP contribution is 2.42. The molecule has 0 aromatic heterocycles. The Kier molecular flexibility index (Phi) is 3.97. The largest absolute Gasteiger partial charge is 0.355 e. The molecule has 2 unspecified atom stereocenters. The fourth-order valence-corrected chi connectivity index (χ4v) is 4.45. The van der Waals surface area contributed by atoms with Crippen molar-refractivity contribution in [2.24, 2.45) is 23.7 Å². The zero-order valence-electron chi connectivity index (χ0n) is 13.4. The molecule has 22 heavy (non-hydrogen) atoms. The predicted molar refractivity (Wildman–Crippen MR) is 84.3 cm³/mol. The zero-order valence-corrected chi connectivity index (χ0v) is 13.4. The maximum atomic E-state index is 12.4. The van der Waals surface area contributed by atoms with E-state index in [2.05, 4.69) is 10.2 Å². The van der Waals surface area contributed by atoms with Gasteiger partial charge in [0.15, 0.2) is 0 Å². The van der Waals surface area contributed by atoms with Gasteiger partial charge in [-0.2, -0.15) is 0 Å². The van der Waals surface area contributed by atoms with Crippen LogP contribution < -0.4 is 5.32 Å². The molecule has 2 bridgehead atoms. The standard InChI is InChI=1S/C18H28N2O2/c21-17-13-3-4-14(17)10-15(9-13)18(22)19-7-8-20(16-5-6-16)11-12-1-2-12/h12-16H,1-11H2,(H,19,22). The molecular formula is C18H28N2O2. The van der Waals surface area contributed by atoms with Gasteiger partial charge in [0.2, 0.25) is 5.91 Å². The first kappa shape index (κ1) is 14.7. The maximum Gasteiger partial charge on any atom is 0.223 e. The zero-order chi connectivity index (χ0) is 15.1. The van der Waals surface area contributed by atoms with E-state index in [0.29, 0.717) is 5.78 Å². The summed E-state index contributed by atoms with van der Waals surface area (Å²) in [5.74, 6) is 2.03. The Morgan fingerprint density at radius 1 is 1.05 bits per heavy atom. The minimum atomic E-state index is 0.0907. The van der Waals surface area contributed by atoms with E-state index < -0.39 is 0 Å². The Balaban J connectivity index is 1.21. The van der Waals surface area contributed by atoms with Crippen LogP contribution in [-0.4, -0.2) is 42.3 Å². The number of fused-ring (bicyclic) bond motifs is 2. The molecule has 2 atom stereocenters. The van der Waals surface area contributed by atoms with Gasteiger partial charge in [0, 0.05) is 43.4 Å². The van der Waals surface area contributed by atoms with E-state index in [1.807, 2.05) is 0 Å². The Hall–Kier alpha value is -0.900. The average Bonchev–Trinajstić information content (AvgIpc) is 3.39. The molecule has 1 N–H and O–H groups in total. The number of rotatable bonds is 7. The quantitative estimate of drug-likeness (QED) is 0.782. The molecule has 4 aliphatic rings. The molecule has 4 rings (SSSR count). The summed E-state index contributed by atoms with van der Waals surface area (Å²) in [6.45, 7) is 3.02. The molecule has 0 aromatic rings. The number of carbonyl (C=O) groups is 2. The molecule has 4 aliphatic carbocycles. The molecule has 0 aliphatic heterocycles. The summed E-state index contributed by atoms with van der Waals surface area (Å²) in [6.07, 6.45) is 9.12. The van der Waals surface area contributed by atoms with Gasteiger partial charge in [-0.3, -0.25) is 14.5 Å². The summed E-state index contributed by atoms with van der Waals surface area (Å²) < 4.78 is 0. The second kappa shape index (κ2) is 5.95. The van der Waals surface area contributed by atoms with Crippen LogP contribution in [0.15, 0.2) is 0 Å². The molecule has 4 nitrogen and oxygen atoms in total. The van der Waals surface area contributed by atoms with E-state index >= 15 is 0 Å². The lowest BCUT2D eigenvalue weighted by molar-refractivity contribution is -0.132. The molecule has 1 amide bonds. The van der Waals surface area contributed by atoms with Crippen LogP contribution in [0.1, 0.15) is 51.4 Å². The van der Waals surface area contributed by atoms with Gasteiger partial charge in [-0.05, 0) is 57.3 Å². The highest BCUT2D eigenvalue weighted by molar-refractivity contribution is 5.89. The third kappa shape index (κ3) is 3.22. The topological polar surface area (TPSA) is 49.4 Å². The molecule has 4 heteroatoms. The highest BCUT2D eigenvalue weighted by atomic mass is 16.2. The lowest BCUT2D eigenvalue weighted by Gasteiger charge is -2.27. The number of nitrogens with zero attached hydrogens (tertiary/aromatic N) is 1. The van der Waals surface area contributed by atoms with E-state index in [0.717, 1.165) is 50.7 Å². The lowest BCUT2D eigenvalue weighted by atomic mass is 9.79. The lowest BCUT2D eigenvalue weighted by Crippen LogP contribution is -2.41. The van der Waals surface area contributed by atoms with Crippen molar-refractivity contribution in [1.29, 1.82) is 0 Å². The van der Waals surface area contributed by atoms with E-state index in [4.69, 9.17) is 0 Å². The molecule has 0 spiro atoms. The number of amides is 1. The molecule has 0 saturated heterocycles. The Morgan fingerprint density at radius 3 is 2.32 bits per heavy atom. The fraction of sp³-hybridized carbons (Fsp3) is 0.889. The van der Waals surface area contributed by atoms with Gasteiger partial charge >= 0.3 is 0 Å². The van der Waals surface area contributed by atoms with Crippen LogP contribution in [0.4, 0.5) is 0 Å². The number of ketones is 1. The first-order valence-corrected chi connectivity index (χ1v) is 9.26. The molecule has 0 aromatic carbocycles. The number of hydrogen-bond acceptors (Lipinski definition) is 3. The Morgan fingerprint density at radius 2 is 1.73 bits per heavy atom. The van der Waals surface area contributed by atoms with Crippen LogP contribution in [0, 0.1) is 23.7 Å². The van der Waals surface area contributed by atoms with Crippen LogP contribution in [0.25, 0.3) is 0 Å². The number of carbonyl (C=O) groups excluding carboxylic acids is 2. The minimum absolute atomic E-state index is 0.0907. The molecule has 0 radical (unpaired) electrons. The van der Waals surface area contributed by atoms with Crippen molar-refractivity contribution in [3.8, 4) is 0 Å². The maximum absolute atomic E-state index is 12.4. The van der Waals surface area contributed by atoms with E-state index in [9.17, 15) is 9.59 Å². The van der Waals surface area contributed by atoms with Crippen molar-refractivity contribution in [3.05, 3.63) is 0 Å². The van der Waals surface area contributed by atoms with Crippen LogP contribution in [0.5, 0.6) is 0 Å². The van der Waals surface area contributed by atoms with Gasteiger partial charge in [-0.1, -0.05) is 0 Å². The smallest absolute Gasteiger partial charge is 0.223 e. The van der Waals surface area contributed by atoms with Gasteiger partial charge in [0.05, 0.1) is 0 Å². The van der Waals surface area contributed by atoms with E-state index in [1.165, 1.54) is 32.2 Å². The molecule has 4 fully saturated rings. The van der Waals surface area contributed by atoms with Gasteiger partial charge in [-0.15, -0.1) is 0 Å². The monoisotopic (exact) mass is 304 g/mol. The summed E-state index contributed by atoms with van der Waals surface area (Å²) in [5.41, 5.74) is 0. The summed E-state index contributed by atoms with van der Waals surface area (Å²) in [5, 5.41) is 3.15. The second-order valence-electron chi connectivity index (χ2n) is 8.00. The van der Waals surface area contributed by atoms with Crippen LogP contribution in [-0.2, 0) is 9.59 Å². The summed E-state index contributed by atoms with van der Waals surface area (Å²) in [4.78, 5) is 26.9. The van der Waals surface area contributed by atoms with Crippen LogP contribution in [0.3, 0.4) is 0 Å². The Bertz CT molecular complexity index is 440. The van der Waals surface area contributed by atoms with Gasteiger partial charge in [0.1, 0.15) is 5.78 Å². The fourth-order valence-electron chi connectivity index (χ4n) is 4.45. The molecule has 122 valence electrons. The normalized spacial score (nSPS) is 34.2. The van der Waals surface area contributed by atoms with Crippen molar-refractivity contribution in [2.45, 2.75) is 57.4 Å². The number of nitrogens with one attached hydrogen (secondary N) is 1. The second-order valence-corrected chi connectivity index (χ2v) is 8.00. The van der Waals surface area contributed by atoms with Crippen molar-refractivity contribution in [2.75, 3.05) is 19.6 Å². The van der Waals surface area contributed by atoms with E-state index in [-0.39, 0.29) is 23.7 Å². The summed E-state index contributed by atoms with van der Waals surface area (Å²) in [7, 11) is 0. The predicted octanol–water partition coefficient (Wildman–Crippen LogP) is 1.98. The van der Waals surface area contributed by atoms with E-state index in [1.54, 1.807) is 0 Å². The molecule has 4 saturated carbocycles. The highest BCUT2D eigenvalue weighted by Gasteiger charge is 2.43. The minimum Gasteiger partial charge on any atom is -0.355 e. The SMILES string of the molecule is O=C(NCCN(CC1CC1)C1CC1)C1CC2CCC(C1)C2=O. The van der Waals surface area contributed by atoms with Crippen molar-refractivity contribution in [1.82, 2.24) is 10.2 Å².